The zero-order valence-electron chi connectivity index (χ0n) is 17.8. The van der Waals surface area contributed by atoms with E-state index in [4.69, 9.17) is 16.3 Å². The number of ether oxygens (including phenoxy) is 1. The Labute approximate surface area is 198 Å². The van der Waals surface area contributed by atoms with Gasteiger partial charge >= 0.3 is 24.5 Å². The molecule has 0 saturated carbocycles. The lowest BCUT2D eigenvalue weighted by atomic mass is 9.93. The maximum Gasteiger partial charge on any atom is 0.433 e. The minimum Gasteiger partial charge on any atom is -0.466 e. The molecule has 0 aliphatic heterocycles. The topological polar surface area (TPSA) is 39.2 Å². The summed E-state index contributed by atoms with van der Waals surface area (Å²) in [7, 11) is 0. The van der Waals surface area contributed by atoms with E-state index in [9.17, 15) is 44.3 Å². The summed E-state index contributed by atoms with van der Waals surface area (Å²) in [5.74, 6) is -2.19. The first-order chi connectivity index (χ1) is 16.0. The van der Waals surface area contributed by atoms with Crippen molar-refractivity contribution in [2.24, 2.45) is 0 Å². The maximum atomic E-state index is 13.0. The van der Waals surface area contributed by atoms with Gasteiger partial charge in [0.25, 0.3) is 0 Å². The van der Waals surface area contributed by atoms with Gasteiger partial charge in [0, 0.05) is 6.20 Å². The van der Waals surface area contributed by atoms with Crippen LogP contribution in [0, 0.1) is 0 Å². The van der Waals surface area contributed by atoms with Crippen molar-refractivity contribution >= 4 is 23.6 Å². The second-order valence-corrected chi connectivity index (χ2v) is 7.62. The van der Waals surface area contributed by atoms with Crippen LogP contribution in [-0.2, 0) is 28.1 Å². The molecule has 1 aromatic heterocycles. The highest BCUT2D eigenvalue weighted by molar-refractivity contribution is 6.31. The van der Waals surface area contributed by atoms with Gasteiger partial charge in [-0.3, -0.25) is 9.78 Å². The molecule has 35 heavy (non-hydrogen) atoms. The fraction of sp³-hybridized carbons (Fsp3) is 0.364. The summed E-state index contributed by atoms with van der Waals surface area (Å²) in [6.45, 7) is 1.38. The van der Waals surface area contributed by atoms with Crippen LogP contribution in [-0.4, -0.2) is 17.6 Å². The van der Waals surface area contributed by atoms with Crippen LogP contribution >= 0.6 is 11.6 Å². The van der Waals surface area contributed by atoms with Crippen molar-refractivity contribution in [2.75, 3.05) is 6.61 Å². The molecule has 192 valence electrons. The number of aromatic nitrogens is 1. The number of nitrogens with zero attached hydrogens (tertiary/aromatic N) is 1. The van der Waals surface area contributed by atoms with Crippen LogP contribution < -0.4 is 0 Å². The van der Waals surface area contributed by atoms with E-state index in [1.165, 1.54) is 13.0 Å². The molecule has 0 aliphatic rings. The van der Waals surface area contributed by atoms with Crippen LogP contribution in [0.4, 0.5) is 39.5 Å². The van der Waals surface area contributed by atoms with Crippen LogP contribution in [0.3, 0.4) is 0 Å². The van der Waals surface area contributed by atoms with Gasteiger partial charge in [0.05, 0.1) is 28.7 Å². The van der Waals surface area contributed by atoms with E-state index in [-0.39, 0.29) is 36.1 Å². The average molecular weight is 534 g/mol. The number of esters is 1. The van der Waals surface area contributed by atoms with Crippen LogP contribution in [0.15, 0.2) is 36.5 Å². The van der Waals surface area contributed by atoms with Crippen LogP contribution in [0.5, 0.6) is 0 Å². The molecule has 1 unspecified atom stereocenters. The molecule has 0 spiro atoms. The molecule has 1 aromatic carbocycles. The number of hydrogen-bond donors (Lipinski definition) is 0. The number of carbonyl (C=O) groups excluding carboxylic acids is 1. The Kier molecular flexibility index (Phi) is 8.85. The molecule has 2 aromatic rings. The van der Waals surface area contributed by atoms with Crippen molar-refractivity contribution in [2.45, 2.75) is 44.2 Å². The molecule has 3 nitrogen and oxygen atoms in total. The first kappa shape index (κ1) is 28.5. The fourth-order valence-electron chi connectivity index (χ4n) is 3.08. The van der Waals surface area contributed by atoms with Crippen molar-refractivity contribution in [3.63, 3.8) is 0 Å². The predicted octanol–water partition coefficient (Wildman–Crippen LogP) is 7.93. The van der Waals surface area contributed by atoms with Crippen molar-refractivity contribution in [3.8, 4) is 0 Å². The largest absolute Gasteiger partial charge is 0.466 e. The summed E-state index contributed by atoms with van der Waals surface area (Å²) in [5, 5.41) is -0.243. The second kappa shape index (κ2) is 10.9. The van der Waals surface area contributed by atoms with Gasteiger partial charge in [-0.1, -0.05) is 23.8 Å². The third kappa shape index (κ3) is 7.87. The van der Waals surface area contributed by atoms with Crippen molar-refractivity contribution in [1.29, 1.82) is 0 Å². The van der Waals surface area contributed by atoms with Crippen molar-refractivity contribution in [3.05, 3.63) is 69.5 Å². The first-order valence-electron chi connectivity index (χ1n) is 9.89. The van der Waals surface area contributed by atoms with Gasteiger partial charge in [0.15, 0.2) is 0 Å². The summed E-state index contributed by atoms with van der Waals surface area (Å²) < 4.78 is 122. The first-order valence-corrected chi connectivity index (χ1v) is 10.3. The molecule has 0 N–H and O–H groups in total. The highest BCUT2D eigenvalue weighted by Gasteiger charge is 2.37. The standard InChI is InChI=1S/C22H17ClF9NO2/c1-2-35-19(34)15(16-10-18(22(30,31)32)33-11-17(16)23)6-4-3-5-12-7-13(20(24,25)26)9-14(8-12)21(27,28)29/h3,5,7-11,15H,2,4,6H2,1H3/b5-3-. The molecule has 0 radical (unpaired) electrons. The van der Waals surface area contributed by atoms with E-state index < -0.39 is 52.8 Å². The number of benzene rings is 1. The Balaban J connectivity index is 2.33. The van der Waals surface area contributed by atoms with Crippen LogP contribution in [0.25, 0.3) is 6.08 Å². The molecule has 2 rings (SSSR count). The van der Waals surface area contributed by atoms with Gasteiger partial charge < -0.3 is 4.74 Å². The molecule has 0 fully saturated rings. The second-order valence-electron chi connectivity index (χ2n) is 7.21. The quantitative estimate of drug-likeness (QED) is 0.268. The number of hydrogen-bond acceptors (Lipinski definition) is 3. The van der Waals surface area contributed by atoms with E-state index in [2.05, 4.69) is 4.98 Å². The Hall–Kier alpha value is -2.76. The molecule has 1 atom stereocenters. The van der Waals surface area contributed by atoms with Gasteiger partial charge in [0.1, 0.15) is 5.69 Å². The lowest BCUT2D eigenvalue weighted by Crippen LogP contribution is -2.18. The normalized spacial score (nSPS) is 13.8. The Morgan fingerprint density at radius 1 is 0.971 bits per heavy atom. The predicted molar refractivity (Wildman–Crippen MR) is 108 cm³/mol. The number of pyridine rings is 1. The zero-order valence-corrected chi connectivity index (χ0v) is 18.5. The van der Waals surface area contributed by atoms with Crippen LogP contribution in [0.2, 0.25) is 5.02 Å². The van der Waals surface area contributed by atoms with Crippen LogP contribution in [0.1, 0.15) is 53.6 Å². The number of alkyl halides is 9. The lowest BCUT2D eigenvalue weighted by Gasteiger charge is -2.18. The Morgan fingerprint density at radius 3 is 2.03 bits per heavy atom. The minimum atomic E-state index is -5.02. The highest BCUT2D eigenvalue weighted by atomic mass is 35.5. The summed E-state index contributed by atoms with van der Waals surface area (Å²) in [6, 6.07) is 1.61. The number of halogens is 10. The van der Waals surface area contributed by atoms with Gasteiger partial charge in [-0.2, -0.15) is 39.5 Å². The minimum absolute atomic E-state index is 0.0161. The molecular formula is C22H17ClF9NO2. The zero-order chi connectivity index (χ0) is 26.6. The lowest BCUT2D eigenvalue weighted by molar-refractivity contribution is -0.146. The van der Waals surface area contributed by atoms with Crippen molar-refractivity contribution in [1.82, 2.24) is 4.98 Å². The van der Waals surface area contributed by atoms with Gasteiger partial charge in [-0.05, 0) is 55.2 Å². The summed E-state index contributed by atoms with van der Waals surface area (Å²) in [6.07, 6.45) is -12.3. The third-order valence-electron chi connectivity index (χ3n) is 4.66. The smallest absolute Gasteiger partial charge is 0.433 e. The fourth-order valence-corrected chi connectivity index (χ4v) is 3.31. The summed E-state index contributed by atoms with van der Waals surface area (Å²) in [4.78, 5) is 15.6. The maximum absolute atomic E-state index is 13.0. The van der Waals surface area contributed by atoms with E-state index in [0.717, 1.165) is 12.3 Å². The van der Waals surface area contributed by atoms with E-state index in [1.807, 2.05) is 0 Å². The number of allylic oxidation sites excluding steroid dienone is 1. The number of carbonyl (C=O) groups is 1. The average Bonchev–Trinajstić information content (AvgIpc) is 2.72. The van der Waals surface area contributed by atoms with Gasteiger partial charge in [0.2, 0.25) is 0 Å². The monoisotopic (exact) mass is 533 g/mol. The SMILES string of the molecule is CCOC(=O)C(CC/C=C\c1cc(C(F)(F)F)cc(C(F)(F)F)c1)c1cc(C(F)(F)F)ncc1Cl. The molecule has 1 heterocycles. The molecule has 13 heteroatoms. The van der Waals surface area contributed by atoms with E-state index in [1.54, 1.807) is 0 Å². The molecule has 0 aliphatic carbocycles. The summed E-state index contributed by atoms with van der Waals surface area (Å²) in [5.41, 5.74) is -4.93. The van der Waals surface area contributed by atoms with E-state index in [0.29, 0.717) is 18.2 Å². The Morgan fingerprint density at radius 2 is 1.54 bits per heavy atom. The van der Waals surface area contributed by atoms with Gasteiger partial charge in [-0.25, -0.2) is 0 Å². The number of rotatable bonds is 7. The molecule has 0 saturated heterocycles. The van der Waals surface area contributed by atoms with E-state index >= 15 is 0 Å². The molecular weight excluding hydrogens is 517 g/mol. The van der Waals surface area contributed by atoms with Crippen molar-refractivity contribution < 1.29 is 49.0 Å². The van der Waals surface area contributed by atoms with Gasteiger partial charge in [-0.15, -0.1) is 0 Å². The molecule has 0 amide bonds. The third-order valence-corrected chi connectivity index (χ3v) is 4.98. The highest BCUT2D eigenvalue weighted by Crippen LogP contribution is 2.37. The Bertz CT molecular complexity index is 1040. The molecule has 0 bridgehead atoms. The summed E-state index contributed by atoms with van der Waals surface area (Å²) >= 11 is 5.95.